The van der Waals surface area contributed by atoms with Crippen LogP contribution in [0.5, 0.6) is 17.2 Å². The molecule has 7 nitrogen and oxygen atoms in total. The van der Waals surface area contributed by atoms with Gasteiger partial charge in [-0.2, -0.15) is 0 Å². The SMILES string of the molecule is COc1cc([C@H]2O[C@@H]([C@H](O)Cc3ccc(O)cc3)C[C@H](O)[C@H]2O)ccc1O. The van der Waals surface area contributed by atoms with Gasteiger partial charge in [0.25, 0.3) is 0 Å². The first-order valence-corrected chi connectivity index (χ1v) is 8.73. The molecule has 7 heteroatoms. The Bertz CT molecular complexity index is 761. The first kappa shape index (κ1) is 19.4. The number of phenols is 2. The van der Waals surface area contributed by atoms with Crippen LogP contribution < -0.4 is 4.74 Å². The van der Waals surface area contributed by atoms with E-state index in [0.29, 0.717) is 5.56 Å². The molecule has 146 valence electrons. The van der Waals surface area contributed by atoms with Gasteiger partial charge >= 0.3 is 0 Å². The number of aliphatic hydroxyl groups is 3. The van der Waals surface area contributed by atoms with E-state index >= 15 is 0 Å². The first-order chi connectivity index (χ1) is 12.9. The number of methoxy groups -OCH3 is 1. The summed E-state index contributed by atoms with van der Waals surface area (Å²) in [5, 5.41) is 50.3. The molecule has 3 rings (SSSR count). The summed E-state index contributed by atoms with van der Waals surface area (Å²) in [5.41, 5.74) is 1.34. The van der Waals surface area contributed by atoms with E-state index in [-0.39, 0.29) is 30.1 Å². The van der Waals surface area contributed by atoms with E-state index < -0.39 is 30.5 Å². The van der Waals surface area contributed by atoms with E-state index in [9.17, 15) is 25.5 Å². The Hall–Kier alpha value is -2.32. The van der Waals surface area contributed by atoms with E-state index in [1.54, 1.807) is 18.2 Å². The minimum absolute atomic E-state index is 0.0454. The van der Waals surface area contributed by atoms with Crippen LogP contribution in [0, 0.1) is 0 Å². The molecule has 1 fully saturated rings. The summed E-state index contributed by atoms with van der Waals surface area (Å²) in [6, 6.07) is 11.0. The summed E-state index contributed by atoms with van der Waals surface area (Å²) < 4.78 is 11.0. The van der Waals surface area contributed by atoms with Crippen LogP contribution in [0.2, 0.25) is 0 Å². The molecular formula is C20H24O7. The zero-order chi connectivity index (χ0) is 19.6. The smallest absolute Gasteiger partial charge is 0.160 e. The van der Waals surface area contributed by atoms with E-state index in [1.807, 2.05) is 0 Å². The summed E-state index contributed by atoms with van der Waals surface area (Å²) in [5.74, 6) is 0.322. The van der Waals surface area contributed by atoms with Crippen LogP contribution in [-0.4, -0.2) is 57.1 Å². The Labute approximate surface area is 157 Å². The van der Waals surface area contributed by atoms with Gasteiger partial charge in [0.1, 0.15) is 18.0 Å². The molecule has 1 saturated heterocycles. The molecule has 0 aromatic heterocycles. The highest BCUT2D eigenvalue weighted by molar-refractivity contribution is 5.42. The van der Waals surface area contributed by atoms with Crippen LogP contribution in [0.4, 0.5) is 0 Å². The predicted octanol–water partition coefficient (Wildman–Crippen LogP) is 1.26. The Morgan fingerprint density at radius 1 is 1.11 bits per heavy atom. The highest BCUT2D eigenvalue weighted by Gasteiger charge is 2.40. The average Bonchev–Trinajstić information content (AvgIpc) is 2.66. The Morgan fingerprint density at radius 3 is 2.48 bits per heavy atom. The van der Waals surface area contributed by atoms with Crippen molar-refractivity contribution in [1.82, 2.24) is 0 Å². The molecule has 0 unspecified atom stereocenters. The molecular weight excluding hydrogens is 352 g/mol. The first-order valence-electron chi connectivity index (χ1n) is 8.73. The molecule has 0 spiro atoms. The molecule has 2 aromatic carbocycles. The fraction of sp³-hybridized carbons (Fsp3) is 0.400. The zero-order valence-corrected chi connectivity index (χ0v) is 14.9. The monoisotopic (exact) mass is 376 g/mol. The molecule has 27 heavy (non-hydrogen) atoms. The van der Waals surface area contributed by atoms with Crippen molar-refractivity contribution in [1.29, 1.82) is 0 Å². The lowest BCUT2D eigenvalue weighted by Gasteiger charge is -2.39. The van der Waals surface area contributed by atoms with Gasteiger partial charge < -0.3 is 35.0 Å². The average molecular weight is 376 g/mol. The number of rotatable bonds is 5. The second-order valence-corrected chi connectivity index (χ2v) is 6.76. The van der Waals surface area contributed by atoms with Crippen molar-refractivity contribution in [3.05, 3.63) is 53.6 Å². The van der Waals surface area contributed by atoms with E-state index in [1.165, 1.54) is 31.4 Å². The van der Waals surface area contributed by atoms with Gasteiger partial charge in [-0.3, -0.25) is 0 Å². The fourth-order valence-corrected chi connectivity index (χ4v) is 3.30. The summed E-state index contributed by atoms with van der Waals surface area (Å²) in [4.78, 5) is 0. The van der Waals surface area contributed by atoms with Crippen molar-refractivity contribution in [2.45, 2.75) is 43.4 Å². The van der Waals surface area contributed by atoms with Crippen molar-refractivity contribution in [2.24, 2.45) is 0 Å². The predicted molar refractivity (Wildman–Crippen MR) is 96.7 cm³/mol. The molecule has 1 aliphatic rings. The summed E-state index contributed by atoms with van der Waals surface area (Å²) in [6.07, 6.45) is -4.34. The summed E-state index contributed by atoms with van der Waals surface area (Å²) in [7, 11) is 1.41. The number of phenolic OH excluding ortho intramolecular Hbond substituents is 2. The molecule has 0 bridgehead atoms. The Kier molecular flexibility index (Phi) is 5.86. The number of aliphatic hydroxyl groups excluding tert-OH is 3. The van der Waals surface area contributed by atoms with Crippen LogP contribution >= 0.6 is 0 Å². The molecule has 0 radical (unpaired) electrons. The van der Waals surface area contributed by atoms with Crippen LogP contribution in [0.1, 0.15) is 23.7 Å². The van der Waals surface area contributed by atoms with Crippen LogP contribution in [0.25, 0.3) is 0 Å². The highest BCUT2D eigenvalue weighted by atomic mass is 16.5. The Balaban J connectivity index is 1.77. The lowest BCUT2D eigenvalue weighted by molar-refractivity contribution is -0.195. The van der Waals surface area contributed by atoms with Gasteiger partial charge in [-0.25, -0.2) is 0 Å². The maximum absolute atomic E-state index is 10.6. The van der Waals surface area contributed by atoms with E-state index in [0.717, 1.165) is 5.56 Å². The van der Waals surface area contributed by atoms with Crippen LogP contribution in [-0.2, 0) is 11.2 Å². The lowest BCUT2D eigenvalue weighted by atomic mass is 9.89. The zero-order valence-electron chi connectivity index (χ0n) is 14.9. The van der Waals surface area contributed by atoms with Gasteiger partial charge in [0, 0.05) is 12.8 Å². The van der Waals surface area contributed by atoms with E-state index in [2.05, 4.69) is 0 Å². The fourth-order valence-electron chi connectivity index (χ4n) is 3.30. The largest absolute Gasteiger partial charge is 0.508 e. The quantitative estimate of drug-likeness (QED) is 0.533. The second kappa shape index (κ2) is 8.14. The maximum atomic E-state index is 10.6. The molecule has 2 aromatic rings. The topological polar surface area (TPSA) is 120 Å². The molecule has 5 N–H and O–H groups in total. The molecule has 0 saturated carbocycles. The number of aromatic hydroxyl groups is 2. The van der Waals surface area contributed by atoms with Crippen molar-refractivity contribution in [2.75, 3.05) is 7.11 Å². The minimum Gasteiger partial charge on any atom is -0.508 e. The molecule has 1 heterocycles. The van der Waals surface area contributed by atoms with E-state index in [4.69, 9.17) is 9.47 Å². The number of benzene rings is 2. The Morgan fingerprint density at radius 2 is 1.81 bits per heavy atom. The van der Waals surface area contributed by atoms with Gasteiger partial charge in [0.2, 0.25) is 0 Å². The third-order valence-electron chi connectivity index (χ3n) is 4.84. The summed E-state index contributed by atoms with van der Waals surface area (Å²) >= 11 is 0. The maximum Gasteiger partial charge on any atom is 0.160 e. The van der Waals surface area contributed by atoms with Gasteiger partial charge in [0.05, 0.1) is 25.4 Å². The minimum atomic E-state index is -1.17. The van der Waals surface area contributed by atoms with Gasteiger partial charge in [-0.05, 0) is 35.4 Å². The molecule has 5 atom stereocenters. The summed E-state index contributed by atoms with van der Waals surface area (Å²) in [6.45, 7) is 0. The lowest BCUT2D eigenvalue weighted by Crippen LogP contribution is -2.48. The van der Waals surface area contributed by atoms with Gasteiger partial charge in [-0.15, -0.1) is 0 Å². The van der Waals surface area contributed by atoms with Gasteiger partial charge in [0.15, 0.2) is 11.5 Å². The van der Waals surface area contributed by atoms with Crippen molar-refractivity contribution in [3.63, 3.8) is 0 Å². The molecule has 0 aliphatic carbocycles. The molecule has 0 amide bonds. The second-order valence-electron chi connectivity index (χ2n) is 6.76. The van der Waals surface area contributed by atoms with Crippen molar-refractivity contribution >= 4 is 0 Å². The number of hydrogen-bond acceptors (Lipinski definition) is 7. The van der Waals surface area contributed by atoms with Crippen LogP contribution in [0.3, 0.4) is 0 Å². The highest BCUT2D eigenvalue weighted by Crippen LogP contribution is 2.37. The third kappa shape index (κ3) is 4.33. The van der Waals surface area contributed by atoms with Crippen molar-refractivity contribution < 1.29 is 35.0 Å². The number of hydrogen-bond donors (Lipinski definition) is 5. The molecule has 1 aliphatic heterocycles. The van der Waals surface area contributed by atoms with Crippen molar-refractivity contribution in [3.8, 4) is 17.2 Å². The van der Waals surface area contributed by atoms with Crippen LogP contribution in [0.15, 0.2) is 42.5 Å². The van der Waals surface area contributed by atoms with Gasteiger partial charge in [-0.1, -0.05) is 18.2 Å². The third-order valence-corrected chi connectivity index (χ3v) is 4.84. The standard InChI is InChI=1S/C20H24O7/c1-26-17-9-12(4-7-14(17)22)20-19(25)16(24)10-18(27-20)15(23)8-11-2-5-13(21)6-3-11/h2-7,9,15-16,18-25H,8,10H2,1H3/t15-,16+,18-,19-,20-/m1/s1. The number of ether oxygens (including phenoxy) is 2. The normalized spacial score (nSPS) is 26.5.